The number of ether oxygens (including phenoxy) is 1. The van der Waals surface area contributed by atoms with Gasteiger partial charge in [-0.2, -0.15) is 23.1 Å². The largest absolute Gasteiger partial charge is 0.496 e. The monoisotopic (exact) mass is 838 g/mol. The van der Waals surface area contributed by atoms with Gasteiger partial charge in [-0.05, 0) is 106 Å². The van der Waals surface area contributed by atoms with Gasteiger partial charge in [0.05, 0.1) is 22.5 Å². The van der Waals surface area contributed by atoms with Crippen LogP contribution < -0.4 is 37.5 Å². The third-order valence-corrected chi connectivity index (χ3v) is 11.0. The first-order valence-electron chi connectivity index (χ1n) is 20.0. The molecule has 0 aliphatic heterocycles. The number of nitrogens with zero attached hydrogens (tertiary/aromatic N) is 6. The van der Waals surface area contributed by atoms with Crippen molar-refractivity contribution in [2.45, 2.75) is 70.6 Å². The Morgan fingerprint density at radius 1 is 0.667 bits per heavy atom. The molecule has 0 atom stereocenters. The van der Waals surface area contributed by atoms with E-state index in [0.717, 1.165) is 81.5 Å². The zero-order valence-corrected chi connectivity index (χ0v) is 33.5. The third-order valence-electron chi connectivity index (χ3n) is 11.0. The second-order valence-corrected chi connectivity index (χ2v) is 15.0. The lowest BCUT2D eigenvalue weighted by Gasteiger charge is -2.27. The number of alkyl halides is 3. The van der Waals surface area contributed by atoms with E-state index in [2.05, 4.69) is 41.2 Å². The molecule has 2 aliphatic carbocycles. The van der Waals surface area contributed by atoms with E-state index in [1.807, 2.05) is 24.3 Å². The van der Waals surface area contributed by atoms with Crippen molar-refractivity contribution in [2.24, 2.45) is 35.1 Å². The molecule has 4 aromatic rings. The summed E-state index contributed by atoms with van der Waals surface area (Å²) in [4.78, 5) is 38.1. The molecule has 0 amide bonds. The lowest BCUT2D eigenvalue weighted by Crippen LogP contribution is -2.25. The number of hydrogen-bond acceptors (Lipinski definition) is 15. The fraction of sp³-hybridized carbons (Fsp3) is 0.500. The zero-order valence-electron chi connectivity index (χ0n) is 33.5. The van der Waals surface area contributed by atoms with Crippen molar-refractivity contribution in [3.63, 3.8) is 0 Å². The summed E-state index contributed by atoms with van der Waals surface area (Å²) in [6, 6.07) is 12.8. The molecule has 0 unspecified atom stereocenters. The van der Waals surface area contributed by atoms with Crippen LogP contribution in [-0.2, 0) is 19.3 Å². The minimum atomic E-state index is -4.48. The van der Waals surface area contributed by atoms with Crippen LogP contribution in [-0.4, -0.2) is 63.1 Å². The van der Waals surface area contributed by atoms with Crippen LogP contribution in [0.15, 0.2) is 60.9 Å². The average Bonchev–Trinajstić information content (AvgIpc) is 3.26. The summed E-state index contributed by atoms with van der Waals surface area (Å²) in [5.41, 5.74) is 11.3. The summed E-state index contributed by atoms with van der Waals surface area (Å²) < 4.78 is 44.8. The number of nitrogens with two attached hydrogens (primary N) is 2. The van der Waals surface area contributed by atoms with Gasteiger partial charge in [0.25, 0.3) is 0 Å². The summed E-state index contributed by atoms with van der Waals surface area (Å²) in [6.45, 7) is 2.86. The Morgan fingerprint density at radius 2 is 1.08 bits per heavy atom. The Morgan fingerprint density at radius 3 is 1.52 bits per heavy atom. The van der Waals surface area contributed by atoms with Crippen molar-refractivity contribution < 1.29 is 27.8 Å². The molecule has 2 aromatic heterocycles. The number of para-hydroxylation sites is 1. The number of hydrogen-bond donors (Lipinski definition) is 6. The number of anilines is 4. The number of benzene rings is 2. The van der Waals surface area contributed by atoms with Crippen LogP contribution in [0.3, 0.4) is 0 Å². The van der Waals surface area contributed by atoms with E-state index in [1.165, 1.54) is 24.4 Å². The van der Waals surface area contributed by atoms with Crippen LogP contribution in [0, 0.1) is 43.9 Å². The summed E-state index contributed by atoms with van der Waals surface area (Å²) in [5, 5.41) is 34.7. The molecule has 2 aromatic carbocycles. The van der Waals surface area contributed by atoms with Crippen molar-refractivity contribution >= 4 is 34.9 Å². The molecule has 0 saturated heterocycles. The molecule has 6 rings (SSSR count). The van der Waals surface area contributed by atoms with E-state index in [-0.39, 0.29) is 41.1 Å². The number of nitrogens with one attached hydrogen (secondary N) is 4. The average molecular weight is 839 g/mol. The van der Waals surface area contributed by atoms with Crippen LogP contribution >= 0.6 is 0 Å². The highest BCUT2D eigenvalue weighted by molar-refractivity contribution is 5.58. The van der Waals surface area contributed by atoms with Crippen molar-refractivity contribution in [1.29, 1.82) is 0 Å². The topological polar surface area (TPSA) is 247 Å². The van der Waals surface area contributed by atoms with Gasteiger partial charge in [-0.15, -0.1) is 0 Å². The fourth-order valence-electron chi connectivity index (χ4n) is 7.42. The van der Waals surface area contributed by atoms with Gasteiger partial charge in [-0.1, -0.05) is 36.4 Å². The first-order chi connectivity index (χ1) is 28.9. The van der Waals surface area contributed by atoms with Gasteiger partial charge < -0.3 is 37.5 Å². The standard InChI is InChI=1S/C20H25F3N6O2.C20H28N6O3/c21-20(22,23)16-4-2-1-3-15(16)11-26-19-27-12-17(29(30)31)18(28-19)25-10-14-7-5-13(9-24)6-8-14;1-29-18-5-3-2-4-16(18)12-23-20-24-13-17(26(27)28)19(25-20)22-11-15-8-6-14(10-21)7-9-15/h1-4,12-14H,5-11,24H2,(H2,25,26,27,28);2-5,13-15H,6-12,21H2,1H3,(H2,22,23,24,25). The van der Waals surface area contributed by atoms with E-state index in [0.29, 0.717) is 55.8 Å². The van der Waals surface area contributed by atoms with Crippen molar-refractivity contribution in [3.8, 4) is 5.75 Å². The minimum Gasteiger partial charge on any atom is -0.496 e. The second-order valence-electron chi connectivity index (χ2n) is 15.0. The van der Waals surface area contributed by atoms with E-state index in [4.69, 9.17) is 16.2 Å². The predicted octanol–water partition coefficient (Wildman–Crippen LogP) is 7.38. The summed E-state index contributed by atoms with van der Waals surface area (Å²) in [5.74, 6) is 3.34. The highest BCUT2D eigenvalue weighted by atomic mass is 19.4. The fourth-order valence-corrected chi connectivity index (χ4v) is 7.42. The maximum atomic E-state index is 13.2. The minimum absolute atomic E-state index is 0.0110. The highest BCUT2D eigenvalue weighted by Crippen LogP contribution is 2.33. The smallest absolute Gasteiger partial charge is 0.416 e. The first kappa shape index (κ1) is 45.2. The number of rotatable bonds is 17. The number of halogens is 3. The summed E-state index contributed by atoms with van der Waals surface area (Å²) >= 11 is 0. The molecular formula is C40H53F3N12O5. The highest BCUT2D eigenvalue weighted by Gasteiger charge is 2.33. The Hall–Kier alpha value is -5.89. The quantitative estimate of drug-likeness (QED) is 0.0449. The van der Waals surface area contributed by atoms with Gasteiger partial charge >= 0.3 is 17.6 Å². The molecular weight excluding hydrogens is 786 g/mol. The Balaban J connectivity index is 0.000000228. The number of nitro groups is 2. The van der Waals surface area contributed by atoms with Gasteiger partial charge in [0.1, 0.15) is 18.1 Å². The Bertz CT molecular complexity index is 2010. The maximum Gasteiger partial charge on any atom is 0.416 e. The van der Waals surface area contributed by atoms with Gasteiger partial charge in [0, 0.05) is 31.7 Å². The van der Waals surface area contributed by atoms with Crippen molar-refractivity contribution in [3.05, 3.63) is 97.8 Å². The summed E-state index contributed by atoms with van der Waals surface area (Å²) in [6.07, 6.45) is 6.20. The van der Waals surface area contributed by atoms with Gasteiger partial charge in [0.15, 0.2) is 0 Å². The molecule has 2 heterocycles. The molecule has 60 heavy (non-hydrogen) atoms. The molecule has 2 fully saturated rings. The molecule has 324 valence electrons. The molecule has 17 nitrogen and oxygen atoms in total. The molecule has 0 radical (unpaired) electrons. The molecule has 2 saturated carbocycles. The SMILES string of the molecule is COc1ccccc1CNc1ncc([N+](=O)[O-])c(NCC2CCC(CN)CC2)n1.NCC1CCC(CNc2nc(NCc3ccccc3C(F)(F)F)ncc2[N+](=O)[O-])CC1. The lowest BCUT2D eigenvalue weighted by molar-refractivity contribution is -0.384. The van der Waals surface area contributed by atoms with Crippen LogP contribution in [0.2, 0.25) is 0 Å². The normalized spacial score (nSPS) is 19.0. The van der Waals surface area contributed by atoms with Crippen LogP contribution in [0.5, 0.6) is 5.75 Å². The molecule has 2 aliphatic rings. The van der Waals surface area contributed by atoms with Gasteiger partial charge in [-0.25, -0.2) is 9.97 Å². The van der Waals surface area contributed by atoms with E-state index < -0.39 is 21.6 Å². The number of aromatic nitrogens is 4. The third kappa shape index (κ3) is 13.1. The van der Waals surface area contributed by atoms with E-state index in [9.17, 15) is 33.4 Å². The number of methoxy groups -OCH3 is 1. The van der Waals surface area contributed by atoms with E-state index in [1.54, 1.807) is 7.11 Å². The molecule has 0 spiro atoms. The Kier molecular flexibility index (Phi) is 16.5. The zero-order chi connectivity index (χ0) is 43.1. The maximum absolute atomic E-state index is 13.2. The van der Waals surface area contributed by atoms with Crippen LogP contribution in [0.1, 0.15) is 68.1 Å². The molecule has 0 bridgehead atoms. The summed E-state index contributed by atoms with van der Waals surface area (Å²) in [7, 11) is 1.62. The second kappa shape index (κ2) is 21.9. The molecule has 20 heteroatoms. The van der Waals surface area contributed by atoms with Gasteiger partial charge in [-0.3, -0.25) is 20.2 Å². The van der Waals surface area contributed by atoms with Crippen molar-refractivity contribution in [1.82, 2.24) is 19.9 Å². The van der Waals surface area contributed by atoms with Crippen LogP contribution in [0.25, 0.3) is 0 Å². The van der Waals surface area contributed by atoms with Crippen molar-refractivity contribution in [2.75, 3.05) is 54.6 Å². The van der Waals surface area contributed by atoms with E-state index >= 15 is 0 Å². The Labute approximate surface area is 346 Å². The first-order valence-corrected chi connectivity index (χ1v) is 20.0. The lowest BCUT2D eigenvalue weighted by atomic mass is 9.82. The molecule has 8 N–H and O–H groups in total. The predicted molar refractivity (Wildman–Crippen MR) is 222 cm³/mol. The van der Waals surface area contributed by atoms with Gasteiger partial charge in [0.2, 0.25) is 23.5 Å². The van der Waals surface area contributed by atoms with Crippen LogP contribution in [0.4, 0.5) is 48.1 Å².